The number of rotatable bonds is 4. The lowest BCUT2D eigenvalue weighted by Crippen LogP contribution is -2.41. The fourth-order valence-electron chi connectivity index (χ4n) is 3.06. The molecular weight excluding hydrogens is 330 g/mol. The predicted molar refractivity (Wildman–Crippen MR) is 100 cm³/mol. The molecule has 9 heteroatoms. The molecule has 2 unspecified atom stereocenters. The number of nitrogens with one attached hydrogen (secondary N) is 4. The van der Waals surface area contributed by atoms with Crippen molar-refractivity contribution in [1.82, 2.24) is 35.8 Å². The summed E-state index contributed by atoms with van der Waals surface area (Å²) in [6.45, 7) is 4.20. The van der Waals surface area contributed by atoms with Gasteiger partial charge in [0.25, 0.3) is 0 Å². The Morgan fingerprint density at radius 3 is 2.85 bits per heavy atom. The number of aromatic nitrogens is 4. The summed E-state index contributed by atoms with van der Waals surface area (Å²) in [6, 6.07) is 0.224. The first-order chi connectivity index (χ1) is 12.5. The second-order valence-electron chi connectivity index (χ2n) is 6.64. The molecule has 0 fully saturated rings. The molecule has 4 N–H and O–H groups in total. The number of hydrogen-bond donors (Lipinski definition) is 4. The smallest absolute Gasteiger partial charge is 0.229 e. The average Bonchev–Trinajstić information content (AvgIpc) is 3.15. The molecule has 0 saturated carbocycles. The van der Waals surface area contributed by atoms with E-state index in [4.69, 9.17) is 0 Å². The number of hydrogen-bond acceptors (Lipinski definition) is 8. The zero-order valence-corrected chi connectivity index (χ0v) is 15.3. The minimum absolute atomic E-state index is 0.0798. The van der Waals surface area contributed by atoms with Crippen LogP contribution in [0.4, 0.5) is 17.5 Å². The molecule has 0 aromatic carbocycles. The maximum atomic E-state index is 4.63. The highest BCUT2D eigenvalue weighted by atomic mass is 15.6. The molecule has 0 aliphatic carbocycles. The van der Waals surface area contributed by atoms with Crippen molar-refractivity contribution in [3.05, 3.63) is 47.7 Å². The van der Waals surface area contributed by atoms with E-state index in [0.29, 0.717) is 5.95 Å². The van der Waals surface area contributed by atoms with Crippen molar-refractivity contribution >= 4 is 17.5 Å². The molecule has 4 heterocycles. The zero-order valence-electron chi connectivity index (χ0n) is 15.3. The van der Waals surface area contributed by atoms with Crippen LogP contribution >= 0.6 is 0 Å². The van der Waals surface area contributed by atoms with Crippen LogP contribution < -0.4 is 26.4 Å². The van der Waals surface area contributed by atoms with Crippen molar-refractivity contribution in [2.45, 2.75) is 26.1 Å². The van der Waals surface area contributed by atoms with Crippen LogP contribution in [0.1, 0.15) is 25.6 Å². The molecular formula is C17H23N9. The van der Waals surface area contributed by atoms with Gasteiger partial charge in [0.1, 0.15) is 6.17 Å². The van der Waals surface area contributed by atoms with E-state index in [1.807, 2.05) is 37.7 Å². The number of hydrazine groups is 1. The predicted octanol–water partition coefficient (Wildman–Crippen LogP) is 1.28. The minimum Gasteiger partial charge on any atom is -0.383 e. The van der Waals surface area contributed by atoms with E-state index in [1.165, 1.54) is 5.57 Å². The second kappa shape index (κ2) is 6.34. The Morgan fingerprint density at radius 2 is 2.08 bits per heavy atom. The fraction of sp³-hybridized carbons (Fsp3) is 0.353. The first kappa shape index (κ1) is 16.4. The maximum Gasteiger partial charge on any atom is 0.229 e. The van der Waals surface area contributed by atoms with Crippen LogP contribution in [0.3, 0.4) is 0 Å². The standard InChI is InChI=1S/C17H23N9/c1-10-5-14(11(2)18-6-10)22-15-13-8-19-17(23-16(13)26(4)24-15)21-12-7-20-25(3)9-12/h5-9,11,15,18,22,24H,1-4H3,(H,19,21,23). The second-order valence-corrected chi connectivity index (χ2v) is 6.64. The van der Waals surface area contributed by atoms with E-state index in [-0.39, 0.29) is 12.2 Å². The van der Waals surface area contributed by atoms with Crippen LogP contribution in [0.15, 0.2) is 42.1 Å². The quantitative estimate of drug-likeness (QED) is 0.653. The first-order valence-electron chi connectivity index (χ1n) is 8.53. The van der Waals surface area contributed by atoms with Crippen LogP contribution in [0.5, 0.6) is 0 Å². The molecule has 4 rings (SSSR count). The number of nitrogens with zero attached hydrogens (tertiary/aromatic N) is 5. The summed E-state index contributed by atoms with van der Waals surface area (Å²) in [5, 5.41) is 16.1. The van der Waals surface area contributed by atoms with E-state index in [1.54, 1.807) is 10.9 Å². The molecule has 2 aliphatic heterocycles. The molecule has 0 saturated heterocycles. The molecule has 26 heavy (non-hydrogen) atoms. The summed E-state index contributed by atoms with van der Waals surface area (Å²) >= 11 is 0. The lowest BCUT2D eigenvalue weighted by molar-refractivity contribution is 0.480. The Labute approximate surface area is 152 Å². The van der Waals surface area contributed by atoms with Gasteiger partial charge in [-0.1, -0.05) is 0 Å². The summed E-state index contributed by atoms with van der Waals surface area (Å²) in [7, 11) is 3.82. The van der Waals surface area contributed by atoms with Crippen molar-refractivity contribution in [1.29, 1.82) is 0 Å². The van der Waals surface area contributed by atoms with Gasteiger partial charge in [-0.15, -0.1) is 0 Å². The van der Waals surface area contributed by atoms with Gasteiger partial charge in [0.15, 0.2) is 5.82 Å². The van der Waals surface area contributed by atoms with Crippen molar-refractivity contribution < 1.29 is 0 Å². The summed E-state index contributed by atoms with van der Waals surface area (Å²) in [5.74, 6) is 1.38. The van der Waals surface area contributed by atoms with Crippen LogP contribution in [0.2, 0.25) is 0 Å². The Balaban J connectivity index is 1.55. The number of aryl methyl sites for hydroxylation is 1. The van der Waals surface area contributed by atoms with Gasteiger partial charge >= 0.3 is 0 Å². The highest BCUT2D eigenvalue weighted by molar-refractivity contribution is 5.57. The summed E-state index contributed by atoms with van der Waals surface area (Å²) in [5.41, 5.74) is 7.55. The van der Waals surface area contributed by atoms with Crippen molar-refractivity contribution in [3.63, 3.8) is 0 Å². The Morgan fingerprint density at radius 1 is 1.23 bits per heavy atom. The highest BCUT2D eigenvalue weighted by Crippen LogP contribution is 2.30. The van der Waals surface area contributed by atoms with Gasteiger partial charge in [-0.3, -0.25) is 9.69 Å². The van der Waals surface area contributed by atoms with E-state index in [2.05, 4.69) is 56.4 Å². The highest BCUT2D eigenvalue weighted by Gasteiger charge is 2.29. The van der Waals surface area contributed by atoms with Crippen LogP contribution in [-0.4, -0.2) is 32.8 Å². The summed E-state index contributed by atoms with van der Waals surface area (Å²) in [4.78, 5) is 9.09. The fourth-order valence-corrected chi connectivity index (χ4v) is 3.06. The topological polar surface area (TPSA) is 95.0 Å². The third kappa shape index (κ3) is 3.08. The molecule has 0 radical (unpaired) electrons. The normalized spacial score (nSPS) is 21.6. The van der Waals surface area contributed by atoms with E-state index >= 15 is 0 Å². The zero-order chi connectivity index (χ0) is 18.3. The van der Waals surface area contributed by atoms with Crippen LogP contribution in [0.25, 0.3) is 0 Å². The molecule has 0 spiro atoms. The largest absolute Gasteiger partial charge is 0.383 e. The Hall–Kier alpha value is -3.07. The monoisotopic (exact) mass is 353 g/mol. The van der Waals surface area contributed by atoms with Gasteiger partial charge in [0.2, 0.25) is 5.95 Å². The number of allylic oxidation sites excluding steroid dienone is 2. The first-order valence-corrected chi connectivity index (χ1v) is 8.53. The lowest BCUT2D eigenvalue weighted by Gasteiger charge is -2.26. The van der Waals surface area contributed by atoms with Crippen molar-refractivity contribution in [2.24, 2.45) is 7.05 Å². The summed E-state index contributed by atoms with van der Waals surface area (Å²) < 4.78 is 1.73. The molecule has 9 nitrogen and oxygen atoms in total. The lowest BCUT2D eigenvalue weighted by atomic mass is 10.1. The third-order valence-electron chi connectivity index (χ3n) is 4.43. The van der Waals surface area contributed by atoms with E-state index in [0.717, 1.165) is 22.8 Å². The molecule has 2 aliphatic rings. The minimum atomic E-state index is -0.0798. The van der Waals surface area contributed by atoms with Gasteiger partial charge in [-0.05, 0) is 31.7 Å². The van der Waals surface area contributed by atoms with Gasteiger partial charge < -0.3 is 16.0 Å². The summed E-state index contributed by atoms with van der Waals surface area (Å²) in [6.07, 6.45) is 9.56. The SMILES string of the molecule is CC1=CNC(C)C(NC2NN(C)c3nc(Nc4cnn(C)c4)ncc32)=C1. The maximum absolute atomic E-state index is 4.63. The van der Waals surface area contributed by atoms with Gasteiger partial charge in [0.05, 0.1) is 23.5 Å². The Kier molecular flexibility index (Phi) is 4.00. The number of anilines is 3. The van der Waals surface area contributed by atoms with Crippen molar-refractivity contribution in [3.8, 4) is 0 Å². The molecule has 2 aromatic heterocycles. The van der Waals surface area contributed by atoms with Gasteiger partial charge in [-0.25, -0.2) is 10.4 Å². The molecule has 2 atom stereocenters. The number of fused-ring (bicyclic) bond motifs is 1. The van der Waals surface area contributed by atoms with Gasteiger partial charge in [0, 0.05) is 32.2 Å². The van der Waals surface area contributed by atoms with Crippen LogP contribution in [-0.2, 0) is 7.05 Å². The van der Waals surface area contributed by atoms with E-state index < -0.39 is 0 Å². The molecule has 0 bridgehead atoms. The molecule has 0 amide bonds. The number of dihydropyridines is 1. The van der Waals surface area contributed by atoms with Crippen LogP contribution in [0, 0.1) is 0 Å². The molecule has 136 valence electrons. The van der Waals surface area contributed by atoms with Gasteiger partial charge in [-0.2, -0.15) is 10.1 Å². The average molecular weight is 353 g/mol. The van der Waals surface area contributed by atoms with E-state index in [9.17, 15) is 0 Å². The molecule has 2 aromatic rings. The Bertz CT molecular complexity index is 882. The third-order valence-corrected chi connectivity index (χ3v) is 4.43. The van der Waals surface area contributed by atoms with Crippen molar-refractivity contribution in [2.75, 3.05) is 17.4 Å².